The molecule has 25 heavy (non-hydrogen) atoms. The van der Waals surface area contributed by atoms with E-state index in [2.05, 4.69) is 0 Å². The minimum Gasteiger partial charge on any atom is -0.503 e. The van der Waals surface area contributed by atoms with E-state index in [1.807, 2.05) is 44.2 Å². The van der Waals surface area contributed by atoms with Crippen molar-refractivity contribution in [3.8, 4) is 17.2 Å². The largest absolute Gasteiger partial charge is 0.503 e. The fourth-order valence-corrected chi connectivity index (χ4v) is 2.24. The van der Waals surface area contributed by atoms with Gasteiger partial charge in [-0.3, -0.25) is 0 Å². The average Bonchev–Trinajstić information content (AvgIpc) is 2.59. The summed E-state index contributed by atoms with van der Waals surface area (Å²) in [5.74, 6) is 1.32. The van der Waals surface area contributed by atoms with Crippen LogP contribution in [0.3, 0.4) is 0 Å². The fraction of sp³-hybridized carbons (Fsp3) is 0.250. The van der Waals surface area contributed by atoms with Crippen molar-refractivity contribution >= 4 is 11.5 Å². The smallest absolute Gasteiger partial charge is 0.341 e. The third kappa shape index (κ3) is 5.01. The Labute approximate surface area is 147 Å². The van der Waals surface area contributed by atoms with E-state index in [1.165, 1.54) is 20.5 Å². The third-order valence-corrected chi connectivity index (χ3v) is 3.22. The van der Waals surface area contributed by atoms with Crippen LogP contribution in [-0.2, 0) is 14.3 Å². The van der Waals surface area contributed by atoms with Crippen molar-refractivity contribution in [1.82, 2.24) is 0 Å². The molecule has 0 fully saturated rings. The highest BCUT2D eigenvalue weighted by molar-refractivity contribution is 6.17. The topological polar surface area (TPSA) is 54.0 Å². The maximum Gasteiger partial charge on any atom is 0.341 e. The minimum atomic E-state index is -0.505. The first-order chi connectivity index (χ1) is 12.0. The van der Waals surface area contributed by atoms with E-state index in [-0.39, 0.29) is 11.7 Å². The molecular formula is C20H22O5. The summed E-state index contributed by atoms with van der Waals surface area (Å²) in [5.41, 5.74) is 0.849. The van der Waals surface area contributed by atoms with Crippen LogP contribution in [0.4, 0.5) is 0 Å². The highest BCUT2D eigenvalue weighted by Gasteiger charge is 2.18. The maximum absolute atomic E-state index is 12.0. The van der Waals surface area contributed by atoms with Gasteiger partial charge in [0.2, 0.25) is 0 Å². The number of benzene rings is 2. The Morgan fingerprint density at radius 3 is 2.40 bits per heavy atom. The molecule has 0 aliphatic carbocycles. The van der Waals surface area contributed by atoms with Crippen molar-refractivity contribution in [1.29, 1.82) is 0 Å². The Hall–Kier alpha value is -2.95. The monoisotopic (exact) mass is 342 g/mol. The zero-order valence-electron chi connectivity index (χ0n) is 14.8. The number of ether oxygens (including phenoxy) is 4. The first-order valence-corrected chi connectivity index (χ1v) is 7.90. The standard InChI is InChI=1S/C20H22O5/c1-14(2)24-15-8-7-9-16(12-15)25-19-11-6-5-10-17(19)18(13-22-3)20(21)23-4/h5-14H,1-4H3/b18-13+. The molecule has 0 atom stereocenters. The molecular weight excluding hydrogens is 320 g/mol. The molecule has 0 amide bonds. The number of carbonyl (C=O) groups is 1. The molecule has 0 saturated carbocycles. The Morgan fingerprint density at radius 1 is 1.00 bits per heavy atom. The first-order valence-electron chi connectivity index (χ1n) is 7.90. The summed E-state index contributed by atoms with van der Waals surface area (Å²) in [5, 5.41) is 0. The van der Waals surface area contributed by atoms with Gasteiger partial charge in [-0.15, -0.1) is 0 Å². The quantitative estimate of drug-likeness (QED) is 0.423. The summed E-state index contributed by atoms with van der Waals surface area (Å²) < 4.78 is 21.5. The number of hydrogen-bond donors (Lipinski definition) is 0. The van der Waals surface area contributed by atoms with Gasteiger partial charge in [-0.2, -0.15) is 0 Å². The van der Waals surface area contributed by atoms with Gasteiger partial charge < -0.3 is 18.9 Å². The Morgan fingerprint density at radius 2 is 1.72 bits per heavy atom. The average molecular weight is 342 g/mol. The van der Waals surface area contributed by atoms with Crippen LogP contribution in [0.15, 0.2) is 54.8 Å². The molecule has 2 aromatic rings. The predicted octanol–water partition coefficient (Wildman–Crippen LogP) is 4.43. The van der Waals surface area contributed by atoms with Gasteiger partial charge in [0, 0.05) is 11.6 Å². The lowest BCUT2D eigenvalue weighted by Gasteiger charge is -2.14. The molecule has 5 heteroatoms. The van der Waals surface area contributed by atoms with Crippen LogP contribution in [0, 0.1) is 0 Å². The Balaban J connectivity index is 2.35. The van der Waals surface area contributed by atoms with Crippen LogP contribution >= 0.6 is 0 Å². The van der Waals surface area contributed by atoms with Crippen molar-refractivity contribution in [3.63, 3.8) is 0 Å². The van der Waals surface area contributed by atoms with Gasteiger partial charge in [-0.1, -0.05) is 24.3 Å². The van der Waals surface area contributed by atoms with Crippen molar-refractivity contribution in [2.45, 2.75) is 20.0 Å². The van der Waals surface area contributed by atoms with Crippen LogP contribution < -0.4 is 9.47 Å². The van der Waals surface area contributed by atoms with Gasteiger partial charge in [0.25, 0.3) is 0 Å². The molecule has 2 rings (SSSR count). The van der Waals surface area contributed by atoms with Crippen LogP contribution in [0.1, 0.15) is 19.4 Å². The van der Waals surface area contributed by atoms with Gasteiger partial charge in [0.1, 0.15) is 22.8 Å². The normalized spacial score (nSPS) is 11.2. The second-order valence-electron chi connectivity index (χ2n) is 5.50. The van der Waals surface area contributed by atoms with Crippen molar-refractivity contribution in [2.24, 2.45) is 0 Å². The zero-order chi connectivity index (χ0) is 18.2. The molecule has 0 heterocycles. The summed E-state index contributed by atoms with van der Waals surface area (Å²) in [6.45, 7) is 3.92. The molecule has 0 N–H and O–H groups in total. The molecule has 0 saturated heterocycles. The number of para-hydroxylation sites is 1. The molecule has 0 aliphatic rings. The molecule has 0 aliphatic heterocycles. The second kappa shape index (κ2) is 8.78. The Bertz CT molecular complexity index is 749. The van der Waals surface area contributed by atoms with Gasteiger partial charge in [-0.25, -0.2) is 4.79 Å². The molecule has 0 bridgehead atoms. The molecule has 2 aromatic carbocycles. The second-order valence-corrected chi connectivity index (χ2v) is 5.50. The number of rotatable bonds is 7. The number of carbonyl (C=O) groups excluding carboxylic acids is 1. The van der Waals surface area contributed by atoms with Crippen LogP contribution in [0.2, 0.25) is 0 Å². The lowest BCUT2D eigenvalue weighted by molar-refractivity contribution is -0.133. The lowest BCUT2D eigenvalue weighted by Crippen LogP contribution is -2.06. The van der Waals surface area contributed by atoms with Crippen LogP contribution in [0.5, 0.6) is 17.2 Å². The highest BCUT2D eigenvalue weighted by atomic mass is 16.5. The zero-order valence-corrected chi connectivity index (χ0v) is 14.8. The lowest BCUT2D eigenvalue weighted by atomic mass is 10.1. The van der Waals surface area contributed by atoms with Crippen LogP contribution in [0.25, 0.3) is 5.57 Å². The SMILES string of the molecule is CO/C=C(/C(=O)OC)c1ccccc1Oc1cccc(OC(C)C)c1. The summed E-state index contributed by atoms with van der Waals surface area (Å²) in [4.78, 5) is 12.0. The predicted molar refractivity (Wildman–Crippen MR) is 95.7 cm³/mol. The number of hydrogen-bond acceptors (Lipinski definition) is 5. The van der Waals surface area contributed by atoms with Crippen molar-refractivity contribution in [2.75, 3.05) is 14.2 Å². The molecule has 132 valence electrons. The maximum atomic E-state index is 12.0. The van der Waals surface area contributed by atoms with Gasteiger partial charge >= 0.3 is 5.97 Å². The molecule has 5 nitrogen and oxygen atoms in total. The molecule has 0 spiro atoms. The van der Waals surface area contributed by atoms with Gasteiger partial charge in [0.05, 0.1) is 26.6 Å². The van der Waals surface area contributed by atoms with E-state index in [4.69, 9.17) is 18.9 Å². The summed E-state index contributed by atoms with van der Waals surface area (Å²) in [7, 11) is 2.79. The van der Waals surface area contributed by atoms with E-state index >= 15 is 0 Å². The molecule has 0 unspecified atom stereocenters. The van der Waals surface area contributed by atoms with E-state index in [0.29, 0.717) is 22.8 Å². The van der Waals surface area contributed by atoms with Crippen molar-refractivity contribution < 1.29 is 23.7 Å². The summed E-state index contributed by atoms with van der Waals surface area (Å²) in [6, 6.07) is 14.5. The van der Waals surface area contributed by atoms with E-state index < -0.39 is 5.97 Å². The molecule has 0 aromatic heterocycles. The first kappa shape index (κ1) is 18.4. The van der Waals surface area contributed by atoms with E-state index in [1.54, 1.807) is 18.2 Å². The highest BCUT2D eigenvalue weighted by Crippen LogP contribution is 2.32. The third-order valence-electron chi connectivity index (χ3n) is 3.22. The fourth-order valence-electron chi connectivity index (χ4n) is 2.24. The number of esters is 1. The summed E-state index contributed by atoms with van der Waals surface area (Å²) in [6.07, 6.45) is 1.41. The Kier molecular flexibility index (Phi) is 6.46. The molecule has 0 radical (unpaired) electrons. The van der Waals surface area contributed by atoms with E-state index in [0.717, 1.165) is 0 Å². The van der Waals surface area contributed by atoms with Gasteiger partial charge in [-0.05, 0) is 32.0 Å². The van der Waals surface area contributed by atoms with E-state index in [9.17, 15) is 4.79 Å². The summed E-state index contributed by atoms with van der Waals surface area (Å²) >= 11 is 0. The minimum absolute atomic E-state index is 0.0677. The number of methoxy groups -OCH3 is 2. The van der Waals surface area contributed by atoms with Crippen LogP contribution in [-0.4, -0.2) is 26.3 Å². The van der Waals surface area contributed by atoms with Crippen molar-refractivity contribution in [3.05, 3.63) is 60.4 Å². The van der Waals surface area contributed by atoms with Gasteiger partial charge in [0.15, 0.2) is 0 Å².